The predicted octanol–water partition coefficient (Wildman–Crippen LogP) is 0.970. The highest BCUT2D eigenvalue weighted by Crippen LogP contribution is 2.22. The molecule has 0 spiro atoms. The van der Waals surface area contributed by atoms with Crippen LogP contribution in [0.3, 0.4) is 0 Å². The van der Waals surface area contributed by atoms with Crippen LogP contribution in [-0.2, 0) is 16.6 Å². The van der Waals surface area contributed by atoms with E-state index in [0.29, 0.717) is 35.5 Å². The van der Waals surface area contributed by atoms with Gasteiger partial charge in [-0.2, -0.15) is 4.31 Å². The summed E-state index contributed by atoms with van der Waals surface area (Å²) in [4.78, 5) is 6.85. The molecule has 0 atom stereocenters. The molecule has 0 amide bonds. The van der Waals surface area contributed by atoms with E-state index in [9.17, 15) is 8.42 Å². The van der Waals surface area contributed by atoms with Crippen molar-refractivity contribution in [2.45, 2.75) is 43.2 Å². The topological polar surface area (TPSA) is 91.0 Å². The van der Waals surface area contributed by atoms with Gasteiger partial charge in [-0.1, -0.05) is 31.0 Å². The van der Waals surface area contributed by atoms with Crippen LogP contribution in [0.1, 0.15) is 31.2 Å². The molecule has 144 valence electrons. The second-order valence-corrected chi connectivity index (χ2v) is 9.05. The predicted molar refractivity (Wildman–Crippen MR) is 103 cm³/mol. The van der Waals surface area contributed by atoms with E-state index >= 15 is 0 Å². The smallest absolute Gasteiger partial charge is 0.243 e. The van der Waals surface area contributed by atoms with Crippen molar-refractivity contribution in [2.24, 2.45) is 10.7 Å². The average Bonchev–Trinajstić information content (AvgIpc) is 3.13. The van der Waals surface area contributed by atoms with Crippen molar-refractivity contribution >= 4 is 16.0 Å². The van der Waals surface area contributed by atoms with Gasteiger partial charge in [0.05, 0.1) is 11.4 Å². The molecular formula is C18H29N5O2S. The lowest BCUT2D eigenvalue weighted by molar-refractivity contribution is 0.222. The summed E-state index contributed by atoms with van der Waals surface area (Å²) in [5.74, 6) is 0.392. The van der Waals surface area contributed by atoms with E-state index in [1.54, 1.807) is 16.4 Å². The van der Waals surface area contributed by atoms with Gasteiger partial charge < -0.3 is 16.0 Å². The van der Waals surface area contributed by atoms with E-state index in [0.717, 1.165) is 25.9 Å². The summed E-state index contributed by atoms with van der Waals surface area (Å²) in [5.41, 5.74) is 6.68. The summed E-state index contributed by atoms with van der Waals surface area (Å²) in [7, 11) is -1.50. The highest BCUT2D eigenvalue weighted by molar-refractivity contribution is 7.89. The van der Waals surface area contributed by atoms with Gasteiger partial charge in [-0.3, -0.25) is 0 Å². The minimum absolute atomic E-state index is 0.259. The summed E-state index contributed by atoms with van der Waals surface area (Å²) in [6, 6.07) is 7.47. The van der Waals surface area contributed by atoms with Crippen molar-refractivity contribution in [3.63, 3.8) is 0 Å². The molecule has 8 heteroatoms. The van der Waals surface area contributed by atoms with Gasteiger partial charge in [0.25, 0.3) is 0 Å². The summed E-state index contributed by atoms with van der Waals surface area (Å²) in [5, 5.41) is 3.24. The monoisotopic (exact) mass is 379 g/mol. The number of guanidine groups is 1. The molecule has 0 unspecified atom stereocenters. The Morgan fingerprint density at radius 1 is 1.19 bits per heavy atom. The molecule has 2 aliphatic rings. The van der Waals surface area contributed by atoms with E-state index in [1.165, 1.54) is 12.8 Å². The zero-order valence-electron chi connectivity index (χ0n) is 15.4. The SMILES string of the molecule is CN1CCN(S(=O)(=O)c2ccccc2CN=C(N)NC2CCCC2)CC1. The fourth-order valence-electron chi connectivity index (χ4n) is 3.55. The van der Waals surface area contributed by atoms with Crippen molar-refractivity contribution in [3.05, 3.63) is 29.8 Å². The Morgan fingerprint density at radius 3 is 2.54 bits per heavy atom. The van der Waals surface area contributed by atoms with Gasteiger partial charge in [0, 0.05) is 32.2 Å². The van der Waals surface area contributed by atoms with E-state index < -0.39 is 10.0 Å². The normalized spacial score (nSPS) is 21.2. The largest absolute Gasteiger partial charge is 0.370 e. The second-order valence-electron chi connectivity index (χ2n) is 7.14. The van der Waals surface area contributed by atoms with Crippen LogP contribution in [0.25, 0.3) is 0 Å². The minimum atomic E-state index is -3.51. The van der Waals surface area contributed by atoms with Crippen LogP contribution >= 0.6 is 0 Å². The molecule has 26 heavy (non-hydrogen) atoms. The maximum Gasteiger partial charge on any atom is 0.243 e. The Morgan fingerprint density at radius 2 is 1.85 bits per heavy atom. The van der Waals surface area contributed by atoms with Crippen LogP contribution in [0.4, 0.5) is 0 Å². The Labute approximate surface area is 156 Å². The Kier molecular flexibility index (Phi) is 6.16. The Hall–Kier alpha value is -1.64. The zero-order chi connectivity index (χ0) is 18.6. The molecule has 1 aliphatic heterocycles. The summed E-state index contributed by atoms with van der Waals surface area (Å²) >= 11 is 0. The van der Waals surface area contributed by atoms with Gasteiger partial charge in [-0.15, -0.1) is 0 Å². The molecule has 7 nitrogen and oxygen atoms in total. The molecule has 1 aromatic carbocycles. The molecule has 0 radical (unpaired) electrons. The van der Waals surface area contributed by atoms with Gasteiger partial charge in [-0.25, -0.2) is 13.4 Å². The molecule has 1 saturated heterocycles. The first-order valence-corrected chi connectivity index (χ1v) is 10.7. The van der Waals surface area contributed by atoms with Gasteiger partial charge >= 0.3 is 0 Å². The lowest BCUT2D eigenvalue weighted by Crippen LogP contribution is -2.47. The van der Waals surface area contributed by atoms with Crippen molar-refractivity contribution in [3.8, 4) is 0 Å². The number of nitrogens with one attached hydrogen (secondary N) is 1. The quantitative estimate of drug-likeness (QED) is 0.588. The number of sulfonamides is 1. The van der Waals surface area contributed by atoms with Crippen molar-refractivity contribution in [2.75, 3.05) is 33.2 Å². The van der Waals surface area contributed by atoms with Gasteiger partial charge in [0.1, 0.15) is 0 Å². The maximum atomic E-state index is 13.1. The van der Waals surface area contributed by atoms with Crippen molar-refractivity contribution in [1.29, 1.82) is 0 Å². The molecule has 2 fully saturated rings. The van der Waals surface area contributed by atoms with Crippen LogP contribution in [0.15, 0.2) is 34.2 Å². The Balaban J connectivity index is 1.73. The molecule has 3 N–H and O–H groups in total. The number of likely N-dealkylation sites (N-methyl/N-ethyl adjacent to an activating group) is 1. The van der Waals surface area contributed by atoms with Crippen LogP contribution in [-0.4, -0.2) is 62.9 Å². The molecule has 1 aromatic rings. The number of piperazine rings is 1. The highest BCUT2D eigenvalue weighted by atomic mass is 32.2. The molecule has 3 rings (SSSR count). The van der Waals surface area contributed by atoms with Crippen LogP contribution in [0.2, 0.25) is 0 Å². The minimum Gasteiger partial charge on any atom is -0.370 e. The number of nitrogens with zero attached hydrogens (tertiary/aromatic N) is 3. The van der Waals surface area contributed by atoms with E-state index in [2.05, 4.69) is 15.2 Å². The second kappa shape index (κ2) is 8.37. The van der Waals surface area contributed by atoms with E-state index in [4.69, 9.17) is 5.73 Å². The van der Waals surface area contributed by atoms with Gasteiger partial charge in [0.2, 0.25) is 10.0 Å². The first kappa shape index (κ1) is 19.1. The molecule has 1 saturated carbocycles. The maximum absolute atomic E-state index is 13.1. The molecular weight excluding hydrogens is 350 g/mol. The number of hydrogen-bond acceptors (Lipinski definition) is 4. The third-order valence-corrected chi connectivity index (χ3v) is 7.18. The fraction of sp³-hybridized carbons (Fsp3) is 0.611. The molecule has 0 bridgehead atoms. The van der Waals surface area contributed by atoms with E-state index in [-0.39, 0.29) is 6.54 Å². The van der Waals surface area contributed by atoms with Gasteiger partial charge in [0.15, 0.2) is 5.96 Å². The van der Waals surface area contributed by atoms with Crippen molar-refractivity contribution < 1.29 is 8.42 Å². The van der Waals surface area contributed by atoms with E-state index in [1.807, 2.05) is 19.2 Å². The number of nitrogens with two attached hydrogens (primary N) is 1. The van der Waals surface area contributed by atoms with Crippen LogP contribution < -0.4 is 11.1 Å². The highest BCUT2D eigenvalue weighted by Gasteiger charge is 2.29. The first-order chi connectivity index (χ1) is 12.5. The van der Waals surface area contributed by atoms with Crippen molar-refractivity contribution in [1.82, 2.24) is 14.5 Å². The summed E-state index contributed by atoms with van der Waals surface area (Å²) < 4.78 is 27.7. The first-order valence-electron chi connectivity index (χ1n) is 9.30. The molecule has 0 aromatic heterocycles. The van der Waals surface area contributed by atoms with Gasteiger partial charge in [-0.05, 0) is 31.5 Å². The van der Waals surface area contributed by atoms with Crippen LogP contribution in [0.5, 0.6) is 0 Å². The third kappa shape index (κ3) is 4.55. The Bertz CT molecular complexity index is 736. The third-order valence-electron chi connectivity index (χ3n) is 5.18. The number of hydrogen-bond donors (Lipinski definition) is 2. The average molecular weight is 380 g/mol. The fourth-order valence-corrected chi connectivity index (χ4v) is 5.19. The zero-order valence-corrected chi connectivity index (χ0v) is 16.2. The lowest BCUT2D eigenvalue weighted by atomic mass is 10.2. The molecule has 1 heterocycles. The summed E-state index contributed by atoms with van der Waals surface area (Å²) in [6.07, 6.45) is 4.67. The molecule has 1 aliphatic carbocycles. The number of aliphatic imine (C=N–C) groups is 1. The lowest BCUT2D eigenvalue weighted by Gasteiger charge is -2.32. The standard InChI is InChI=1S/C18H29N5O2S/c1-22-10-12-23(13-11-22)26(24,25)17-9-5-2-6-15(17)14-20-18(19)21-16-7-3-4-8-16/h2,5-6,9,16H,3-4,7-8,10-14H2,1H3,(H3,19,20,21). The van der Waals surface area contributed by atoms with Crippen LogP contribution in [0, 0.1) is 0 Å². The number of rotatable bonds is 5. The number of benzene rings is 1. The summed E-state index contributed by atoms with van der Waals surface area (Å²) in [6.45, 7) is 2.79.